The first-order chi connectivity index (χ1) is 6.73. The van der Waals surface area contributed by atoms with E-state index in [1.165, 1.54) is 6.92 Å². The molecule has 1 heterocycles. The molecule has 1 saturated heterocycles. The summed E-state index contributed by atoms with van der Waals surface area (Å²) >= 11 is 0. The first-order valence-corrected chi connectivity index (χ1v) is 4.93. The molecule has 0 aromatic carbocycles. The lowest BCUT2D eigenvalue weighted by molar-refractivity contribution is -0.181. The van der Waals surface area contributed by atoms with Crippen LogP contribution in [0.15, 0.2) is 0 Å². The summed E-state index contributed by atoms with van der Waals surface area (Å²) in [5.41, 5.74) is -0.608. The Morgan fingerprint density at radius 3 is 2.40 bits per heavy atom. The Hall–Kier alpha value is -1.10. The molecule has 0 aromatic heterocycles. The fourth-order valence-electron chi connectivity index (χ4n) is 1.23. The predicted molar refractivity (Wildman–Crippen MR) is 52.6 cm³/mol. The van der Waals surface area contributed by atoms with Crippen LogP contribution < -0.4 is 5.32 Å². The third-order valence-corrected chi connectivity index (χ3v) is 2.28. The number of hydrogen-bond donors (Lipinski definition) is 2. The molecule has 0 spiro atoms. The molecule has 1 fully saturated rings. The third-order valence-electron chi connectivity index (χ3n) is 2.28. The maximum absolute atomic E-state index is 11.5. The Labute approximate surface area is 88.8 Å². The number of carbonyl (C=O) groups is 2. The minimum Gasteiger partial charge on any atom is -0.440 e. The topological polar surface area (TPSA) is 75.6 Å². The molecule has 0 radical (unpaired) electrons. The summed E-state index contributed by atoms with van der Waals surface area (Å²) < 4.78 is 5.06. The van der Waals surface area contributed by atoms with Crippen molar-refractivity contribution in [1.29, 1.82) is 0 Å². The monoisotopic (exact) mass is 215 g/mol. The number of nitrogens with one attached hydrogen (secondary N) is 1. The van der Waals surface area contributed by atoms with Gasteiger partial charge in [-0.05, 0) is 27.7 Å². The van der Waals surface area contributed by atoms with E-state index in [1.807, 2.05) is 0 Å². The van der Waals surface area contributed by atoms with Crippen molar-refractivity contribution in [3.05, 3.63) is 0 Å². The summed E-state index contributed by atoms with van der Waals surface area (Å²) in [6, 6.07) is 0. The molecule has 1 rings (SSSR count). The van der Waals surface area contributed by atoms with Gasteiger partial charge in [-0.1, -0.05) is 0 Å². The minimum absolute atomic E-state index is 0.281. The smallest absolute Gasteiger partial charge is 0.313 e. The second-order valence-corrected chi connectivity index (χ2v) is 4.85. The lowest BCUT2D eigenvalue weighted by atomic mass is 9.92. The second kappa shape index (κ2) is 3.81. The van der Waals surface area contributed by atoms with Gasteiger partial charge in [0.05, 0.1) is 11.5 Å². The quantitative estimate of drug-likeness (QED) is 0.503. The van der Waals surface area contributed by atoms with Crippen LogP contribution in [0.3, 0.4) is 0 Å². The molecule has 0 bridgehead atoms. The van der Waals surface area contributed by atoms with Gasteiger partial charge in [0.25, 0.3) is 0 Å². The van der Waals surface area contributed by atoms with E-state index in [2.05, 4.69) is 5.32 Å². The van der Waals surface area contributed by atoms with Crippen LogP contribution in [0.4, 0.5) is 0 Å². The minimum atomic E-state index is -0.809. The van der Waals surface area contributed by atoms with Crippen molar-refractivity contribution in [2.75, 3.05) is 0 Å². The lowest BCUT2D eigenvalue weighted by Crippen LogP contribution is -2.63. The number of esters is 1. The Bertz CT molecular complexity index is 280. The van der Waals surface area contributed by atoms with E-state index < -0.39 is 29.6 Å². The molecule has 3 atom stereocenters. The molecule has 1 unspecified atom stereocenters. The maximum atomic E-state index is 11.5. The number of β-lactam (4-membered cyclic amide) rings is 1. The molecule has 0 aliphatic carbocycles. The zero-order chi connectivity index (χ0) is 11.8. The van der Waals surface area contributed by atoms with E-state index in [1.54, 1.807) is 20.8 Å². The fourth-order valence-corrected chi connectivity index (χ4v) is 1.23. The van der Waals surface area contributed by atoms with Crippen molar-refractivity contribution in [3.63, 3.8) is 0 Å². The lowest BCUT2D eigenvalue weighted by Gasteiger charge is -2.38. The van der Waals surface area contributed by atoms with E-state index in [0.717, 1.165) is 0 Å². The molecule has 5 nitrogen and oxygen atoms in total. The Morgan fingerprint density at radius 1 is 1.53 bits per heavy atom. The standard InChI is InChI=1S/C10H17NO4/c1-5(12)6-7(13)11-8(6)15-9(14)10(2,3)4/h5-6,8,12H,1-4H3,(H,11,13)/t5?,6-,8+/m0/s1. The zero-order valence-electron chi connectivity index (χ0n) is 9.40. The van der Waals surface area contributed by atoms with Crippen LogP contribution in [0.1, 0.15) is 27.7 Å². The zero-order valence-corrected chi connectivity index (χ0v) is 9.40. The molecule has 86 valence electrons. The molecule has 0 saturated carbocycles. The Balaban J connectivity index is 2.55. The predicted octanol–water partition coefficient (Wildman–Crippen LogP) is 0.0286. The van der Waals surface area contributed by atoms with Gasteiger partial charge >= 0.3 is 5.97 Å². The van der Waals surface area contributed by atoms with Crippen molar-refractivity contribution in [2.24, 2.45) is 11.3 Å². The third kappa shape index (κ3) is 2.47. The van der Waals surface area contributed by atoms with Crippen LogP contribution >= 0.6 is 0 Å². The van der Waals surface area contributed by atoms with Crippen molar-refractivity contribution in [2.45, 2.75) is 40.0 Å². The molecular weight excluding hydrogens is 198 g/mol. The van der Waals surface area contributed by atoms with Gasteiger partial charge in [0.2, 0.25) is 5.91 Å². The Kier molecular flexibility index (Phi) is 3.04. The highest BCUT2D eigenvalue weighted by atomic mass is 16.6. The SMILES string of the molecule is CC(O)[C@H]1C(=O)N[C@@H]1OC(=O)C(C)(C)C. The van der Waals surface area contributed by atoms with E-state index in [0.29, 0.717) is 0 Å². The fraction of sp³-hybridized carbons (Fsp3) is 0.800. The van der Waals surface area contributed by atoms with Gasteiger partial charge in [-0.2, -0.15) is 0 Å². The summed E-state index contributed by atoms with van der Waals surface area (Å²) in [5.74, 6) is -1.31. The highest BCUT2D eigenvalue weighted by molar-refractivity contribution is 5.87. The maximum Gasteiger partial charge on any atom is 0.313 e. The summed E-state index contributed by atoms with van der Waals surface area (Å²) in [7, 11) is 0. The van der Waals surface area contributed by atoms with Gasteiger partial charge in [-0.15, -0.1) is 0 Å². The van der Waals surface area contributed by atoms with Crippen LogP contribution in [-0.4, -0.2) is 29.3 Å². The van der Waals surface area contributed by atoms with Gasteiger partial charge in [0.1, 0.15) is 5.92 Å². The van der Waals surface area contributed by atoms with E-state index in [9.17, 15) is 14.7 Å². The van der Waals surface area contributed by atoms with Crippen molar-refractivity contribution >= 4 is 11.9 Å². The van der Waals surface area contributed by atoms with Crippen LogP contribution in [0.2, 0.25) is 0 Å². The molecule has 1 aliphatic heterocycles. The average Bonchev–Trinajstić information content (AvgIpc) is 1.99. The van der Waals surface area contributed by atoms with Crippen LogP contribution in [0.25, 0.3) is 0 Å². The number of hydrogen-bond acceptors (Lipinski definition) is 4. The number of aliphatic hydroxyl groups is 1. The molecule has 1 amide bonds. The molecule has 5 heteroatoms. The average molecular weight is 215 g/mol. The van der Waals surface area contributed by atoms with E-state index in [-0.39, 0.29) is 5.91 Å². The first kappa shape index (κ1) is 12.0. The summed E-state index contributed by atoms with van der Waals surface area (Å²) in [4.78, 5) is 22.5. The van der Waals surface area contributed by atoms with Crippen LogP contribution in [0, 0.1) is 11.3 Å². The number of amides is 1. The number of rotatable bonds is 2. The van der Waals surface area contributed by atoms with Gasteiger partial charge in [0, 0.05) is 0 Å². The number of aliphatic hydroxyl groups excluding tert-OH is 1. The molecule has 2 N–H and O–H groups in total. The van der Waals surface area contributed by atoms with E-state index in [4.69, 9.17) is 4.74 Å². The molecule has 0 aromatic rings. The van der Waals surface area contributed by atoms with Crippen molar-refractivity contribution in [3.8, 4) is 0 Å². The van der Waals surface area contributed by atoms with Crippen molar-refractivity contribution in [1.82, 2.24) is 5.32 Å². The van der Waals surface area contributed by atoms with Crippen LogP contribution in [0.5, 0.6) is 0 Å². The van der Waals surface area contributed by atoms with Crippen LogP contribution in [-0.2, 0) is 14.3 Å². The molecule has 1 aliphatic rings. The largest absolute Gasteiger partial charge is 0.440 e. The summed E-state index contributed by atoms with van der Waals surface area (Å²) in [6.45, 7) is 6.69. The Morgan fingerprint density at radius 2 is 2.07 bits per heavy atom. The molecular formula is C10H17NO4. The van der Waals surface area contributed by atoms with Gasteiger partial charge in [-0.3, -0.25) is 9.59 Å². The highest BCUT2D eigenvalue weighted by Crippen LogP contribution is 2.24. The highest BCUT2D eigenvalue weighted by Gasteiger charge is 2.46. The molecule has 15 heavy (non-hydrogen) atoms. The van der Waals surface area contributed by atoms with Gasteiger partial charge in [-0.25, -0.2) is 0 Å². The second-order valence-electron chi connectivity index (χ2n) is 4.85. The normalized spacial score (nSPS) is 27.7. The van der Waals surface area contributed by atoms with Crippen molar-refractivity contribution < 1.29 is 19.4 Å². The van der Waals surface area contributed by atoms with Gasteiger partial charge in [0.15, 0.2) is 6.23 Å². The van der Waals surface area contributed by atoms with E-state index >= 15 is 0 Å². The summed E-state index contributed by atoms with van der Waals surface area (Å²) in [5, 5.41) is 11.7. The first-order valence-electron chi connectivity index (χ1n) is 4.93. The van der Waals surface area contributed by atoms with Gasteiger partial charge < -0.3 is 15.2 Å². The number of ether oxygens (including phenoxy) is 1. The summed E-state index contributed by atoms with van der Waals surface area (Å²) in [6.07, 6.45) is -1.50. The number of carbonyl (C=O) groups excluding carboxylic acids is 2.